The molecule has 4 aromatic rings. The molecule has 0 aliphatic carbocycles. The van der Waals surface area contributed by atoms with Gasteiger partial charge in [0.15, 0.2) is 0 Å². The van der Waals surface area contributed by atoms with Crippen molar-refractivity contribution in [2.45, 2.75) is 57.2 Å². The van der Waals surface area contributed by atoms with Crippen molar-refractivity contribution in [1.82, 2.24) is 0 Å². The minimum atomic E-state index is -1.72. The average Bonchev–Trinajstić information content (AvgIpc) is 3.01. The van der Waals surface area contributed by atoms with E-state index in [1.807, 2.05) is 121 Å². The molecule has 0 unspecified atom stereocenters. The van der Waals surface area contributed by atoms with Gasteiger partial charge in [-0.1, -0.05) is 121 Å². The Morgan fingerprint density at radius 3 is 1.30 bits per heavy atom. The van der Waals surface area contributed by atoms with Crippen molar-refractivity contribution in [3.05, 3.63) is 144 Å². The zero-order valence-corrected chi connectivity index (χ0v) is 22.4. The smallest absolute Gasteiger partial charge is 0.228 e. The van der Waals surface area contributed by atoms with E-state index in [1.54, 1.807) is 0 Å². The molecule has 0 spiro atoms. The molecule has 208 valence electrons. The van der Waals surface area contributed by atoms with Gasteiger partial charge in [0, 0.05) is 0 Å². The van der Waals surface area contributed by atoms with Gasteiger partial charge in [-0.25, -0.2) is 4.39 Å². The van der Waals surface area contributed by atoms with E-state index in [0.29, 0.717) is 13.2 Å². The lowest BCUT2D eigenvalue weighted by molar-refractivity contribution is -0.298. The molecule has 1 heterocycles. The van der Waals surface area contributed by atoms with Crippen LogP contribution in [0.3, 0.4) is 0 Å². The molecule has 0 bridgehead atoms. The first-order valence-corrected chi connectivity index (χ1v) is 13.6. The molecule has 5 atom stereocenters. The molecule has 0 N–H and O–H groups in total. The van der Waals surface area contributed by atoms with Crippen LogP contribution in [-0.2, 0) is 50.1 Å². The van der Waals surface area contributed by atoms with Crippen molar-refractivity contribution in [3.8, 4) is 0 Å². The van der Waals surface area contributed by atoms with Gasteiger partial charge in [-0.2, -0.15) is 0 Å². The van der Waals surface area contributed by atoms with Crippen LogP contribution in [0.15, 0.2) is 121 Å². The Kier molecular flexibility index (Phi) is 10.4. The van der Waals surface area contributed by atoms with E-state index in [-0.39, 0.29) is 19.8 Å². The highest BCUT2D eigenvalue weighted by Gasteiger charge is 2.48. The third-order valence-corrected chi connectivity index (χ3v) is 6.83. The molecule has 1 fully saturated rings. The van der Waals surface area contributed by atoms with Gasteiger partial charge < -0.3 is 23.7 Å². The second kappa shape index (κ2) is 14.8. The number of hydrogen-bond donors (Lipinski definition) is 0. The second-order valence-corrected chi connectivity index (χ2v) is 9.81. The number of ether oxygens (including phenoxy) is 5. The Morgan fingerprint density at radius 1 is 0.475 bits per heavy atom. The van der Waals surface area contributed by atoms with E-state index in [9.17, 15) is 0 Å². The quantitative estimate of drug-likeness (QED) is 0.189. The monoisotopic (exact) mass is 542 g/mol. The minimum Gasteiger partial charge on any atom is -0.374 e. The zero-order chi connectivity index (χ0) is 27.4. The summed E-state index contributed by atoms with van der Waals surface area (Å²) < 4.78 is 46.6. The summed E-state index contributed by atoms with van der Waals surface area (Å²) in [5.41, 5.74) is 3.94. The van der Waals surface area contributed by atoms with Crippen LogP contribution in [-0.4, -0.2) is 37.4 Å². The summed E-state index contributed by atoms with van der Waals surface area (Å²) in [6.07, 6.45) is -4.77. The van der Waals surface area contributed by atoms with Crippen LogP contribution in [0.4, 0.5) is 4.39 Å². The predicted octanol–water partition coefficient (Wildman–Crippen LogP) is 6.65. The molecule has 0 aromatic heterocycles. The van der Waals surface area contributed by atoms with Gasteiger partial charge in [0.05, 0.1) is 33.0 Å². The van der Waals surface area contributed by atoms with E-state index < -0.39 is 30.8 Å². The van der Waals surface area contributed by atoms with Crippen LogP contribution in [0.5, 0.6) is 0 Å². The molecule has 0 radical (unpaired) electrons. The second-order valence-electron chi connectivity index (χ2n) is 9.81. The number of rotatable bonds is 13. The zero-order valence-electron chi connectivity index (χ0n) is 22.4. The van der Waals surface area contributed by atoms with Gasteiger partial charge in [-0.15, -0.1) is 0 Å². The lowest BCUT2D eigenvalue weighted by atomic mass is 9.98. The molecular formula is C34H35FO5. The van der Waals surface area contributed by atoms with Gasteiger partial charge in [-0.3, -0.25) is 0 Å². The van der Waals surface area contributed by atoms with Crippen LogP contribution >= 0.6 is 0 Å². The Bertz CT molecular complexity index is 1240. The normalized spacial score (nSPS) is 22.7. The summed E-state index contributed by atoms with van der Waals surface area (Å²) in [6.45, 7) is 1.35. The number of benzene rings is 4. The van der Waals surface area contributed by atoms with Crippen molar-refractivity contribution < 1.29 is 28.1 Å². The molecule has 0 amide bonds. The SMILES string of the molecule is F[C@H]1O[C@H](COCc2ccccc2)[C@H](OCc2ccccc2)[C@@H](OCc2ccccc2)[C@H]1OCc1ccccc1. The summed E-state index contributed by atoms with van der Waals surface area (Å²) in [7, 11) is 0. The molecule has 1 aliphatic heterocycles. The van der Waals surface area contributed by atoms with Crippen LogP contribution in [0.25, 0.3) is 0 Å². The topological polar surface area (TPSA) is 46.2 Å². The maximum Gasteiger partial charge on any atom is 0.228 e. The number of alkyl halides is 1. The molecule has 1 saturated heterocycles. The van der Waals surface area contributed by atoms with E-state index in [4.69, 9.17) is 23.7 Å². The summed E-state index contributed by atoms with van der Waals surface area (Å²) >= 11 is 0. The highest BCUT2D eigenvalue weighted by molar-refractivity contribution is 5.16. The van der Waals surface area contributed by atoms with E-state index >= 15 is 4.39 Å². The maximum atomic E-state index is 15.7. The van der Waals surface area contributed by atoms with Crippen LogP contribution in [0.2, 0.25) is 0 Å². The van der Waals surface area contributed by atoms with Gasteiger partial charge >= 0.3 is 0 Å². The summed E-state index contributed by atoms with van der Waals surface area (Å²) in [5.74, 6) is 0. The van der Waals surface area contributed by atoms with Crippen molar-refractivity contribution in [2.75, 3.05) is 6.61 Å². The fourth-order valence-electron chi connectivity index (χ4n) is 4.73. The Balaban J connectivity index is 1.36. The van der Waals surface area contributed by atoms with Crippen molar-refractivity contribution >= 4 is 0 Å². The molecular weight excluding hydrogens is 507 g/mol. The van der Waals surface area contributed by atoms with E-state index in [2.05, 4.69) is 0 Å². The molecule has 40 heavy (non-hydrogen) atoms. The predicted molar refractivity (Wildman–Crippen MR) is 151 cm³/mol. The third kappa shape index (κ3) is 8.07. The van der Waals surface area contributed by atoms with Crippen molar-refractivity contribution in [2.24, 2.45) is 0 Å². The fourth-order valence-corrected chi connectivity index (χ4v) is 4.73. The largest absolute Gasteiger partial charge is 0.374 e. The highest BCUT2D eigenvalue weighted by atomic mass is 19.1. The first-order valence-electron chi connectivity index (χ1n) is 13.6. The van der Waals surface area contributed by atoms with Gasteiger partial charge in [-0.05, 0) is 22.3 Å². The summed E-state index contributed by atoms with van der Waals surface area (Å²) in [5, 5.41) is 0. The standard InChI is InChI=1S/C34H35FO5/c35-34-33(39-24-29-19-11-4-12-20-29)32(38-23-28-17-9-3-10-18-28)31(37-22-27-15-7-2-8-16-27)30(40-34)25-36-21-26-13-5-1-6-14-26/h1-20,30-34H,21-25H2/t30-,31+,32-,33-,34+/m1/s1. The Morgan fingerprint density at radius 2 is 0.850 bits per heavy atom. The number of hydrogen-bond acceptors (Lipinski definition) is 5. The first kappa shape index (κ1) is 28.1. The molecule has 6 heteroatoms. The lowest BCUT2D eigenvalue weighted by Crippen LogP contribution is -2.60. The van der Waals surface area contributed by atoms with Gasteiger partial charge in [0.2, 0.25) is 6.36 Å². The number of halogens is 1. The molecule has 4 aromatic carbocycles. The third-order valence-electron chi connectivity index (χ3n) is 6.83. The molecule has 0 saturated carbocycles. The highest BCUT2D eigenvalue weighted by Crippen LogP contribution is 2.31. The molecule has 5 rings (SSSR count). The van der Waals surface area contributed by atoms with E-state index in [1.165, 1.54) is 0 Å². The maximum absolute atomic E-state index is 15.7. The minimum absolute atomic E-state index is 0.144. The lowest BCUT2D eigenvalue weighted by Gasteiger charge is -2.43. The van der Waals surface area contributed by atoms with Crippen LogP contribution in [0.1, 0.15) is 22.3 Å². The molecule has 5 nitrogen and oxygen atoms in total. The Labute approximate surface area is 235 Å². The average molecular weight is 543 g/mol. The summed E-state index contributed by atoms with van der Waals surface area (Å²) in [4.78, 5) is 0. The van der Waals surface area contributed by atoms with Crippen molar-refractivity contribution in [1.29, 1.82) is 0 Å². The Hall–Kier alpha value is -3.39. The van der Waals surface area contributed by atoms with Gasteiger partial charge in [0.25, 0.3) is 0 Å². The van der Waals surface area contributed by atoms with E-state index in [0.717, 1.165) is 22.3 Å². The van der Waals surface area contributed by atoms with Crippen molar-refractivity contribution in [3.63, 3.8) is 0 Å². The van der Waals surface area contributed by atoms with Crippen LogP contribution < -0.4 is 0 Å². The fraction of sp³-hybridized carbons (Fsp3) is 0.294. The summed E-state index contributed by atoms with van der Waals surface area (Å²) in [6, 6.07) is 39.2. The first-order chi connectivity index (χ1) is 19.8. The van der Waals surface area contributed by atoms with Gasteiger partial charge in [0.1, 0.15) is 24.4 Å². The van der Waals surface area contributed by atoms with Crippen LogP contribution in [0, 0.1) is 0 Å². The molecule has 1 aliphatic rings.